The van der Waals surface area contributed by atoms with E-state index < -0.39 is 11.7 Å². The number of benzene rings is 1. The summed E-state index contributed by atoms with van der Waals surface area (Å²) in [6.07, 6.45) is -2.52. The minimum atomic E-state index is -4.27. The maximum atomic E-state index is 11.9. The van der Waals surface area contributed by atoms with Gasteiger partial charge in [0.1, 0.15) is 0 Å². The molecule has 0 aliphatic rings. The lowest BCUT2D eigenvalue weighted by Gasteiger charge is -2.05. The summed E-state index contributed by atoms with van der Waals surface area (Å²) < 4.78 is 35.6. The van der Waals surface area contributed by atoms with Crippen molar-refractivity contribution in [2.75, 3.05) is 5.73 Å². The third-order valence-electron chi connectivity index (χ3n) is 1.24. The Kier molecular flexibility index (Phi) is 4.77. The van der Waals surface area contributed by atoms with Crippen LogP contribution in [0.1, 0.15) is 12.5 Å². The second-order valence-electron chi connectivity index (χ2n) is 2.53. The first-order valence-electron chi connectivity index (χ1n) is 3.91. The third-order valence-corrected chi connectivity index (χ3v) is 1.24. The molecular weight excluding hydrogens is 191 g/mol. The van der Waals surface area contributed by atoms with Gasteiger partial charge in [0.2, 0.25) is 0 Å². The molecule has 14 heavy (non-hydrogen) atoms. The standard InChI is InChI=1S/C7H6F3N.C3H6/c8-7(9,10)5-1-3-6(11)4-2-5;1-3-2/h1-4H,11H2;3H,1H2,2H3. The van der Waals surface area contributed by atoms with E-state index in [0.717, 1.165) is 12.1 Å². The average Bonchev–Trinajstić information content (AvgIpc) is 2.04. The Morgan fingerprint density at radius 2 is 1.57 bits per heavy atom. The maximum Gasteiger partial charge on any atom is 0.416 e. The Labute approximate surface area is 81.0 Å². The molecule has 4 heteroatoms. The van der Waals surface area contributed by atoms with Gasteiger partial charge in [-0.1, -0.05) is 6.08 Å². The molecule has 0 aliphatic carbocycles. The smallest absolute Gasteiger partial charge is 0.399 e. The predicted octanol–water partition coefficient (Wildman–Crippen LogP) is 3.48. The Morgan fingerprint density at radius 1 is 1.21 bits per heavy atom. The molecule has 0 radical (unpaired) electrons. The van der Waals surface area contributed by atoms with Crippen molar-refractivity contribution in [3.8, 4) is 0 Å². The van der Waals surface area contributed by atoms with Gasteiger partial charge in [-0.05, 0) is 31.2 Å². The van der Waals surface area contributed by atoms with Gasteiger partial charge in [-0.15, -0.1) is 6.58 Å². The lowest BCUT2D eigenvalue weighted by atomic mass is 10.2. The highest BCUT2D eigenvalue weighted by atomic mass is 19.4. The zero-order valence-electron chi connectivity index (χ0n) is 7.81. The Morgan fingerprint density at radius 3 is 1.86 bits per heavy atom. The first-order chi connectivity index (χ1) is 6.41. The van der Waals surface area contributed by atoms with Crippen LogP contribution in [-0.4, -0.2) is 0 Å². The van der Waals surface area contributed by atoms with Crippen LogP contribution in [0.2, 0.25) is 0 Å². The molecule has 0 heterocycles. The molecule has 0 saturated carbocycles. The molecule has 0 aliphatic heterocycles. The molecular formula is C10H12F3N. The Balaban J connectivity index is 0.000000500. The maximum absolute atomic E-state index is 11.9. The van der Waals surface area contributed by atoms with Gasteiger partial charge in [0.25, 0.3) is 0 Å². The van der Waals surface area contributed by atoms with Gasteiger partial charge in [0.15, 0.2) is 0 Å². The number of rotatable bonds is 0. The SMILES string of the molecule is C=CC.Nc1ccc(C(F)(F)F)cc1. The highest BCUT2D eigenvalue weighted by Crippen LogP contribution is 2.29. The second kappa shape index (κ2) is 5.32. The van der Waals surface area contributed by atoms with Crippen LogP contribution in [-0.2, 0) is 6.18 Å². The van der Waals surface area contributed by atoms with Crippen molar-refractivity contribution in [1.82, 2.24) is 0 Å². The second-order valence-corrected chi connectivity index (χ2v) is 2.53. The fourth-order valence-electron chi connectivity index (χ4n) is 0.672. The van der Waals surface area contributed by atoms with Crippen LogP contribution >= 0.6 is 0 Å². The summed E-state index contributed by atoms with van der Waals surface area (Å²) in [5.74, 6) is 0. The van der Waals surface area contributed by atoms with Crippen molar-refractivity contribution in [3.05, 3.63) is 42.5 Å². The van der Waals surface area contributed by atoms with Crippen molar-refractivity contribution in [2.45, 2.75) is 13.1 Å². The van der Waals surface area contributed by atoms with Crippen LogP contribution in [0.25, 0.3) is 0 Å². The summed E-state index contributed by atoms with van der Waals surface area (Å²) >= 11 is 0. The number of allylic oxidation sites excluding steroid dienone is 1. The number of halogens is 3. The molecule has 0 unspecified atom stereocenters. The molecule has 1 rings (SSSR count). The normalized spacial score (nSPS) is 10.0. The molecule has 0 bridgehead atoms. The van der Waals surface area contributed by atoms with E-state index in [1.165, 1.54) is 12.1 Å². The molecule has 0 saturated heterocycles. The van der Waals surface area contributed by atoms with E-state index in [1.54, 1.807) is 6.08 Å². The molecule has 0 spiro atoms. The van der Waals surface area contributed by atoms with E-state index in [1.807, 2.05) is 6.92 Å². The first-order valence-corrected chi connectivity index (χ1v) is 3.91. The summed E-state index contributed by atoms with van der Waals surface area (Å²) in [7, 11) is 0. The van der Waals surface area contributed by atoms with Crippen LogP contribution in [0.15, 0.2) is 36.9 Å². The molecule has 0 fully saturated rings. The van der Waals surface area contributed by atoms with E-state index in [9.17, 15) is 13.2 Å². The Hall–Kier alpha value is -1.45. The summed E-state index contributed by atoms with van der Waals surface area (Å²) in [6.45, 7) is 5.25. The van der Waals surface area contributed by atoms with Crippen LogP contribution in [0.4, 0.5) is 18.9 Å². The number of nitrogens with two attached hydrogens (primary N) is 1. The van der Waals surface area contributed by atoms with E-state index in [2.05, 4.69) is 6.58 Å². The predicted molar refractivity (Wildman–Crippen MR) is 51.7 cm³/mol. The summed E-state index contributed by atoms with van der Waals surface area (Å²) in [5, 5.41) is 0. The summed E-state index contributed by atoms with van der Waals surface area (Å²) in [5.41, 5.74) is 4.86. The van der Waals surface area contributed by atoms with Crippen LogP contribution in [0.5, 0.6) is 0 Å². The van der Waals surface area contributed by atoms with E-state index >= 15 is 0 Å². The fraction of sp³-hybridized carbons (Fsp3) is 0.200. The molecule has 1 aromatic rings. The quantitative estimate of drug-likeness (QED) is 0.507. The van der Waals surface area contributed by atoms with Crippen LogP contribution in [0.3, 0.4) is 0 Å². The lowest BCUT2D eigenvalue weighted by molar-refractivity contribution is -0.137. The van der Waals surface area contributed by atoms with Crippen molar-refractivity contribution >= 4 is 5.69 Å². The molecule has 0 amide bonds. The summed E-state index contributed by atoms with van der Waals surface area (Å²) in [6, 6.07) is 4.36. The molecule has 2 N–H and O–H groups in total. The number of hydrogen-bond donors (Lipinski definition) is 1. The van der Waals surface area contributed by atoms with Crippen LogP contribution in [0, 0.1) is 0 Å². The van der Waals surface area contributed by atoms with E-state index in [-0.39, 0.29) is 0 Å². The molecule has 1 nitrogen and oxygen atoms in total. The van der Waals surface area contributed by atoms with Gasteiger partial charge >= 0.3 is 6.18 Å². The molecule has 0 aromatic heterocycles. The van der Waals surface area contributed by atoms with Crippen molar-refractivity contribution in [1.29, 1.82) is 0 Å². The van der Waals surface area contributed by atoms with E-state index in [0.29, 0.717) is 5.69 Å². The zero-order chi connectivity index (χ0) is 11.2. The van der Waals surface area contributed by atoms with Gasteiger partial charge in [-0.25, -0.2) is 0 Å². The van der Waals surface area contributed by atoms with E-state index in [4.69, 9.17) is 5.73 Å². The Bertz CT molecular complexity index is 274. The van der Waals surface area contributed by atoms with Crippen LogP contribution < -0.4 is 5.73 Å². The zero-order valence-corrected chi connectivity index (χ0v) is 7.81. The fourth-order valence-corrected chi connectivity index (χ4v) is 0.672. The van der Waals surface area contributed by atoms with Gasteiger partial charge in [0.05, 0.1) is 5.56 Å². The first kappa shape index (κ1) is 12.6. The molecule has 1 aromatic carbocycles. The minimum absolute atomic E-state index is 0.331. The number of anilines is 1. The topological polar surface area (TPSA) is 26.0 Å². The molecule has 0 atom stereocenters. The summed E-state index contributed by atoms with van der Waals surface area (Å²) in [4.78, 5) is 0. The lowest BCUT2D eigenvalue weighted by Crippen LogP contribution is -2.04. The minimum Gasteiger partial charge on any atom is -0.399 e. The van der Waals surface area contributed by atoms with Crippen molar-refractivity contribution in [3.63, 3.8) is 0 Å². The number of alkyl halides is 3. The van der Waals surface area contributed by atoms with Gasteiger partial charge < -0.3 is 5.73 Å². The monoisotopic (exact) mass is 203 g/mol. The largest absolute Gasteiger partial charge is 0.416 e. The van der Waals surface area contributed by atoms with Gasteiger partial charge in [0, 0.05) is 5.69 Å². The van der Waals surface area contributed by atoms with Crippen molar-refractivity contribution in [2.24, 2.45) is 0 Å². The third kappa shape index (κ3) is 4.54. The molecule has 78 valence electrons. The van der Waals surface area contributed by atoms with Crippen molar-refractivity contribution < 1.29 is 13.2 Å². The highest BCUT2D eigenvalue weighted by molar-refractivity contribution is 5.39. The number of nitrogen functional groups attached to an aromatic ring is 1. The van der Waals surface area contributed by atoms with Gasteiger partial charge in [-0.2, -0.15) is 13.2 Å². The average molecular weight is 203 g/mol. The number of hydrogen-bond acceptors (Lipinski definition) is 1. The van der Waals surface area contributed by atoms with Gasteiger partial charge in [-0.3, -0.25) is 0 Å². The highest BCUT2D eigenvalue weighted by Gasteiger charge is 2.29.